The summed E-state index contributed by atoms with van der Waals surface area (Å²) in [5.74, 6) is 1.63. The highest BCUT2D eigenvalue weighted by molar-refractivity contribution is 5.67. The van der Waals surface area contributed by atoms with Gasteiger partial charge in [0.2, 0.25) is 6.79 Å². The van der Waals surface area contributed by atoms with E-state index in [1.165, 1.54) is 5.56 Å². The molecule has 0 aliphatic carbocycles. The van der Waals surface area contributed by atoms with Crippen LogP contribution in [0.15, 0.2) is 18.2 Å². The summed E-state index contributed by atoms with van der Waals surface area (Å²) >= 11 is 0. The molecule has 0 aromatic heterocycles. The molecule has 0 unspecified atom stereocenters. The van der Waals surface area contributed by atoms with Crippen LogP contribution in [0, 0.1) is 0 Å². The van der Waals surface area contributed by atoms with Gasteiger partial charge in [0.1, 0.15) is 0 Å². The zero-order valence-electron chi connectivity index (χ0n) is 12.8. The Balaban J connectivity index is 1.44. The van der Waals surface area contributed by atoms with Crippen LogP contribution in [0.5, 0.6) is 11.5 Å². The van der Waals surface area contributed by atoms with Gasteiger partial charge in [0, 0.05) is 25.7 Å². The first-order valence-corrected chi connectivity index (χ1v) is 7.80. The van der Waals surface area contributed by atoms with Gasteiger partial charge in [-0.25, -0.2) is 4.79 Å². The first-order chi connectivity index (χ1) is 10.8. The van der Waals surface area contributed by atoms with Gasteiger partial charge in [0.25, 0.3) is 0 Å². The number of fused-ring (bicyclic) bond motifs is 1. The SMILES string of the molecule is CCOC(=O)N1CCC(NCc2ccc3c(c2)OCO3)CC1. The number of hydrogen-bond acceptors (Lipinski definition) is 5. The van der Waals surface area contributed by atoms with Crippen LogP contribution in [-0.2, 0) is 11.3 Å². The van der Waals surface area contributed by atoms with Crippen LogP contribution in [0.1, 0.15) is 25.3 Å². The molecule has 1 aromatic carbocycles. The monoisotopic (exact) mass is 306 g/mol. The maximum absolute atomic E-state index is 11.7. The normalized spacial score (nSPS) is 17.6. The van der Waals surface area contributed by atoms with E-state index in [9.17, 15) is 4.79 Å². The van der Waals surface area contributed by atoms with Crippen molar-refractivity contribution in [3.8, 4) is 11.5 Å². The lowest BCUT2D eigenvalue weighted by atomic mass is 10.0. The molecule has 0 saturated carbocycles. The highest BCUT2D eigenvalue weighted by Gasteiger charge is 2.23. The Morgan fingerprint density at radius 1 is 1.32 bits per heavy atom. The summed E-state index contributed by atoms with van der Waals surface area (Å²) in [4.78, 5) is 13.4. The Kier molecular flexibility index (Phi) is 4.68. The molecule has 1 fully saturated rings. The number of ether oxygens (including phenoxy) is 3. The number of hydrogen-bond donors (Lipinski definition) is 1. The van der Waals surface area contributed by atoms with E-state index in [2.05, 4.69) is 5.32 Å². The molecule has 1 aromatic rings. The lowest BCUT2D eigenvalue weighted by molar-refractivity contribution is 0.0950. The molecule has 2 heterocycles. The van der Waals surface area contributed by atoms with Crippen LogP contribution in [-0.4, -0.2) is 43.5 Å². The molecule has 1 saturated heterocycles. The topological polar surface area (TPSA) is 60.0 Å². The summed E-state index contributed by atoms with van der Waals surface area (Å²) in [6.07, 6.45) is 1.70. The van der Waals surface area contributed by atoms with Crippen molar-refractivity contribution in [3.63, 3.8) is 0 Å². The molecule has 2 aliphatic heterocycles. The summed E-state index contributed by atoms with van der Waals surface area (Å²) in [5.41, 5.74) is 1.18. The van der Waals surface area contributed by atoms with Gasteiger partial charge in [-0.1, -0.05) is 6.07 Å². The zero-order valence-corrected chi connectivity index (χ0v) is 12.8. The van der Waals surface area contributed by atoms with Crippen molar-refractivity contribution in [1.82, 2.24) is 10.2 Å². The number of nitrogens with zero attached hydrogens (tertiary/aromatic N) is 1. The van der Waals surface area contributed by atoms with Crippen LogP contribution >= 0.6 is 0 Å². The standard InChI is InChI=1S/C16H22N2O4/c1-2-20-16(19)18-7-5-13(6-8-18)17-10-12-3-4-14-15(9-12)22-11-21-14/h3-4,9,13,17H,2,5-8,10-11H2,1H3. The summed E-state index contributed by atoms with van der Waals surface area (Å²) < 4.78 is 15.7. The Bertz CT molecular complexity index is 527. The Morgan fingerprint density at radius 2 is 2.09 bits per heavy atom. The van der Waals surface area contributed by atoms with Crippen LogP contribution in [0.4, 0.5) is 4.79 Å². The molecule has 6 nitrogen and oxygen atoms in total. The second kappa shape index (κ2) is 6.87. The molecule has 0 bridgehead atoms. The molecular weight excluding hydrogens is 284 g/mol. The van der Waals surface area contributed by atoms with Gasteiger partial charge >= 0.3 is 6.09 Å². The third kappa shape index (κ3) is 3.44. The number of likely N-dealkylation sites (tertiary alicyclic amines) is 1. The van der Waals surface area contributed by atoms with Crippen molar-refractivity contribution < 1.29 is 19.0 Å². The van der Waals surface area contributed by atoms with E-state index in [0.29, 0.717) is 19.4 Å². The average Bonchev–Trinajstić information content (AvgIpc) is 3.01. The van der Waals surface area contributed by atoms with Gasteiger partial charge in [0.05, 0.1) is 6.61 Å². The maximum atomic E-state index is 11.7. The molecule has 6 heteroatoms. The second-order valence-electron chi connectivity index (χ2n) is 5.53. The van der Waals surface area contributed by atoms with Crippen molar-refractivity contribution >= 4 is 6.09 Å². The molecule has 1 amide bonds. The van der Waals surface area contributed by atoms with E-state index >= 15 is 0 Å². The highest BCUT2D eigenvalue weighted by Crippen LogP contribution is 2.32. The van der Waals surface area contributed by atoms with Gasteiger partial charge in [-0.05, 0) is 37.5 Å². The molecular formula is C16H22N2O4. The van der Waals surface area contributed by atoms with Gasteiger partial charge in [-0.3, -0.25) is 0 Å². The van der Waals surface area contributed by atoms with Crippen LogP contribution in [0.2, 0.25) is 0 Å². The van der Waals surface area contributed by atoms with Crippen LogP contribution in [0.3, 0.4) is 0 Å². The predicted molar refractivity (Wildman–Crippen MR) is 81.0 cm³/mol. The molecule has 120 valence electrons. The Morgan fingerprint density at radius 3 is 2.86 bits per heavy atom. The van der Waals surface area contributed by atoms with E-state index in [0.717, 1.165) is 44.0 Å². The minimum Gasteiger partial charge on any atom is -0.454 e. The minimum atomic E-state index is -0.197. The van der Waals surface area contributed by atoms with Crippen molar-refractivity contribution in [1.29, 1.82) is 0 Å². The number of benzene rings is 1. The molecule has 2 aliphatic rings. The number of carbonyl (C=O) groups is 1. The van der Waals surface area contributed by atoms with Crippen molar-refractivity contribution in [2.45, 2.75) is 32.4 Å². The average molecular weight is 306 g/mol. The minimum absolute atomic E-state index is 0.197. The van der Waals surface area contributed by atoms with E-state index in [1.807, 2.05) is 25.1 Å². The quantitative estimate of drug-likeness (QED) is 0.923. The van der Waals surface area contributed by atoms with E-state index in [1.54, 1.807) is 4.90 Å². The molecule has 22 heavy (non-hydrogen) atoms. The molecule has 1 N–H and O–H groups in total. The first kappa shape index (κ1) is 15.0. The fraction of sp³-hybridized carbons (Fsp3) is 0.562. The lowest BCUT2D eigenvalue weighted by Gasteiger charge is -2.31. The number of piperidine rings is 1. The molecule has 3 rings (SSSR count). The second-order valence-corrected chi connectivity index (χ2v) is 5.53. The van der Waals surface area contributed by atoms with E-state index in [4.69, 9.17) is 14.2 Å². The summed E-state index contributed by atoms with van der Waals surface area (Å²) in [7, 11) is 0. The molecule has 0 spiro atoms. The molecule has 0 radical (unpaired) electrons. The van der Waals surface area contributed by atoms with Crippen LogP contribution in [0.25, 0.3) is 0 Å². The van der Waals surface area contributed by atoms with Gasteiger partial charge in [0.15, 0.2) is 11.5 Å². The number of carbonyl (C=O) groups excluding carboxylic acids is 1. The zero-order chi connectivity index (χ0) is 15.4. The van der Waals surface area contributed by atoms with Gasteiger partial charge in [-0.2, -0.15) is 0 Å². The summed E-state index contributed by atoms with van der Waals surface area (Å²) in [5, 5.41) is 3.55. The summed E-state index contributed by atoms with van der Waals surface area (Å²) in [6.45, 7) is 4.85. The van der Waals surface area contributed by atoms with Gasteiger partial charge < -0.3 is 24.4 Å². The van der Waals surface area contributed by atoms with E-state index < -0.39 is 0 Å². The highest BCUT2D eigenvalue weighted by atomic mass is 16.7. The number of amides is 1. The van der Waals surface area contributed by atoms with E-state index in [-0.39, 0.29) is 6.09 Å². The maximum Gasteiger partial charge on any atom is 0.409 e. The summed E-state index contributed by atoms with van der Waals surface area (Å²) in [6, 6.07) is 6.44. The van der Waals surface area contributed by atoms with Crippen LogP contribution < -0.4 is 14.8 Å². The third-order valence-corrected chi connectivity index (χ3v) is 4.05. The molecule has 0 atom stereocenters. The lowest BCUT2D eigenvalue weighted by Crippen LogP contribution is -2.44. The van der Waals surface area contributed by atoms with Crippen molar-refractivity contribution in [2.75, 3.05) is 26.5 Å². The third-order valence-electron chi connectivity index (χ3n) is 4.05. The van der Waals surface area contributed by atoms with Gasteiger partial charge in [-0.15, -0.1) is 0 Å². The number of nitrogens with one attached hydrogen (secondary N) is 1. The van der Waals surface area contributed by atoms with Crippen molar-refractivity contribution in [3.05, 3.63) is 23.8 Å². The Labute approximate surface area is 130 Å². The fourth-order valence-corrected chi connectivity index (χ4v) is 2.79. The Hall–Kier alpha value is -1.95. The predicted octanol–water partition coefficient (Wildman–Crippen LogP) is 2.13. The first-order valence-electron chi connectivity index (χ1n) is 7.80. The smallest absolute Gasteiger partial charge is 0.409 e. The largest absolute Gasteiger partial charge is 0.454 e. The number of rotatable bonds is 4. The fourth-order valence-electron chi connectivity index (χ4n) is 2.79. The van der Waals surface area contributed by atoms with Crippen molar-refractivity contribution in [2.24, 2.45) is 0 Å².